The van der Waals surface area contributed by atoms with Crippen molar-refractivity contribution in [2.45, 2.75) is 13.5 Å². The Morgan fingerprint density at radius 2 is 2.00 bits per heavy atom. The Bertz CT molecular complexity index is 597. The molecule has 1 aromatic carbocycles. The minimum absolute atomic E-state index is 0.0696. The van der Waals surface area contributed by atoms with Gasteiger partial charge in [0.25, 0.3) is 0 Å². The molecule has 0 spiro atoms. The summed E-state index contributed by atoms with van der Waals surface area (Å²) in [7, 11) is 1.58. The molecule has 2 N–H and O–H groups in total. The summed E-state index contributed by atoms with van der Waals surface area (Å²) in [6, 6.07) is 11.4. The molecule has 110 valence electrons. The van der Waals surface area contributed by atoms with E-state index in [0.29, 0.717) is 12.4 Å². The van der Waals surface area contributed by atoms with Crippen molar-refractivity contribution in [3.8, 4) is 5.88 Å². The highest BCUT2D eigenvalue weighted by molar-refractivity contribution is 5.92. The predicted octanol–water partition coefficient (Wildman–Crippen LogP) is 2.13. The van der Waals surface area contributed by atoms with Crippen LogP contribution in [0.1, 0.15) is 11.1 Å². The number of aryl methyl sites for hydroxylation is 1. The molecular weight excluding hydrogens is 266 g/mol. The van der Waals surface area contributed by atoms with Gasteiger partial charge in [0.05, 0.1) is 13.7 Å². The Kier molecular flexibility index (Phi) is 5.29. The van der Waals surface area contributed by atoms with Crippen LogP contribution in [-0.4, -0.2) is 24.5 Å². The van der Waals surface area contributed by atoms with Gasteiger partial charge in [-0.3, -0.25) is 4.79 Å². The summed E-state index contributed by atoms with van der Waals surface area (Å²) < 4.78 is 5.05. The standard InChI is InChI=1S/C16H19N3O2/c1-12-3-5-14(6-4-12)19-15(20)11-17-10-13-7-8-18-16(9-13)21-2/h3-9,17H,10-11H2,1-2H3,(H,19,20). The average molecular weight is 285 g/mol. The fraction of sp³-hybridized carbons (Fsp3) is 0.250. The maximum absolute atomic E-state index is 11.8. The minimum atomic E-state index is -0.0696. The van der Waals surface area contributed by atoms with E-state index in [1.54, 1.807) is 13.3 Å². The van der Waals surface area contributed by atoms with Crippen molar-refractivity contribution in [3.05, 3.63) is 53.7 Å². The molecule has 0 aliphatic carbocycles. The molecule has 0 bridgehead atoms. The van der Waals surface area contributed by atoms with E-state index >= 15 is 0 Å². The van der Waals surface area contributed by atoms with Crippen molar-refractivity contribution < 1.29 is 9.53 Å². The number of rotatable bonds is 6. The lowest BCUT2D eigenvalue weighted by atomic mass is 10.2. The number of benzene rings is 1. The molecular formula is C16H19N3O2. The number of nitrogens with zero attached hydrogens (tertiary/aromatic N) is 1. The molecule has 2 rings (SSSR count). The van der Waals surface area contributed by atoms with Crippen LogP contribution < -0.4 is 15.4 Å². The second-order valence-electron chi connectivity index (χ2n) is 4.72. The fourth-order valence-corrected chi connectivity index (χ4v) is 1.83. The quantitative estimate of drug-likeness (QED) is 0.853. The molecule has 0 aliphatic heterocycles. The van der Waals surface area contributed by atoms with Crippen LogP contribution >= 0.6 is 0 Å². The van der Waals surface area contributed by atoms with Crippen LogP contribution in [0.15, 0.2) is 42.6 Å². The number of hydrogen-bond acceptors (Lipinski definition) is 4. The number of aromatic nitrogens is 1. The molecule has 21 heavy (non-hydrogen) atoms. The first-order chi connectivity index (χ1) is 10.2. The van der Waals surface area contributed by atoms with Gasteiger partial charge >= 0.3 is 0 Å². The van der Waals surface area contributed by atoms with Crippen LogP contribution in [0.5, 0.6) is 5.88 Å². The van der Waals surface area contributed by atoms with Gasteiger partial charge in [-0.2, -0.15) is 0 Å². The second kappa shape index (κ2) is 7.40. The summed E-state index contributed by atoms with van der Waals surface area (Å²) in [4.78, 5) is 15.8. The largest absolute Gasteiger partial charge is 0.481 e. The normalized spacial score (nSPS) is 10.2. The summed E-state index contributed by atoms with van der Waals surface area (Å²) in [5.41, 5.74) is 2.99. The van der Waals surface area contributed by atoms with Gasteiger partial charge in [-0.1, -0.05) is 17.7 Å². The molecule has 1 amide bonds. The highest BCUT2D eigenvalue weighted by Gasteiger charge is 2.02. The van der Waals surface area contributed by atoms with Gasteiger partial charge in [0.1, 0.15) is 0 Å². The van der Waals surface area contributed by atoms with E-state index in [1.807, 2.05) is 43.3 Å². The van der Waals surface area contributed by atoms with Crippen molar-refractivity contribution >= 4 is 11.6 Å². The predicted molar refractivity (Wildman–Crippen MR) is 82.3 cm³/mol. The summed E-state index contributed by atoms with van der Waals surface area (Å²) in [5, 5.41) is 5.93. The molecule has 0 atom stereocenters. The van der Waals surface area contributed by atoms with Crippen LogP contribution in [0, 0.1) is 6.92 Å². The molecule has 1 heterocycles. The molecule has 0 saturated heterocycles. The topological polar surface area (TPSA) is 63.2 Å². The Hall–Kier alpha value is -2.40. The minimum Gasteiger partial charge on any atom is -0.481 e. The Morgan fingerprint density at radius 1 is 1.24 bits per heavy atom. The van der Waals surface area contributed by atoms with Gasteiger partial charge in [-0.05, 0) is 30.7 Å². The highest BCUT2D eigenvalue weighted by Crippen LogP contribution is 2.09. The highest BCUT2D eigenvalue weighted by atomic mass is 16.5. The monoisotopic (exact) mass is 285 g/mol. The van der Waals surface area contributed by atoms with Crippen LogP contribution in [0.4, 0.5) is 5.69 Å². The maximum atomic E-state index is 11.8. The lowest BCUT2D eigenvalue weighted by molar-refractivity contribution is -0.115. The number of carbonyl (C=O) groups excluding carboxylic acids is 1. The first-order valence-corrected chi connectivity index (χ1v) is 6.73. The molecule has 2 aromatic rings. The molecule has 0 unspecified atom stereocenters. The Morgan fingerprint density at radius 3 is 2.71 bits per heavy atom. The summed E-state index contributed by atoms with van der Waals surface area (Å²) in [6.45, 7) is 2.84. The van der Waals surface area contributed by atoms with E-state index in [9.17, 15) is 4.79 Å². The zero-order valence-electron chi connectivity index (χ0n) is 12.2. The number of ether oxygens (including phenoxy) is 1. The van der Waals surface area contributed by atoms with Gasteiger partial charge in [0.2, 0.25) is 11.8 Å². The third-order valence-corrected chi connectivity index (χ3v) is 2.96. The molecule has 1 aromatic heterocycles. The van der Waals surface area contributed by atoms with E-state index in [2.05, 4.69) is 15.6 Å². The molecule has 0 saturated carbocycles. The van der Waals surface area contributed by atoms with E-state index in [4.69, 9.17) is 4.74 Å². The summed E-state index contributed by atoms with van der Waals surface area (Å²) >= 11 is 0. The first kappa shape index (κ1) is 15.0. The Labute approximate surface area is 124 Å². The van der Waals surface area contributed by atoms with Gasteiger partial charge in [-0.15, -0.1) is 0 Å². The number of hydrogen-bond donors (Lipinski definition) is 2. The van der Waals surface area contributed by atoms with Gasteiger partial charge in [-0.25, -0.2) is 4.98 Å². The number of carbonyl (C=O) groups is 1. The summed E-state index contributed by atoms with van der Waals surface area (Å²) in [6.07, 6.45) is 1.68. The van der Waals surface area contributed by atoms with Crippen molar-refractivity contribution in [1.82, 2.24) is 10.3 Å². The smallest absolute Gasteiger partial charge is 0.238 e. The lowest BCUT2D eigenvalue weighted by Gasteiger charge is -2.07. The SMILES string of the molecule is COc1cc(CNCC(=O)Nc2ccc(C)cc2)ccn1. The molecule has 5 heteroatoms. The fourth-order valence-electron chi connectivity index (χ4n) is 1.83. The Balaban J connectivity index is 1.77. The number of methoxy groups -OCH3 is 1. The van der Waals surface area contributed by atoms with Crippen LogP contribution in [0.3, 0.4) is 0 Å². The van der Waals surface area contributed by atoms with Crippen molar-refractivity contribution in [1.29, 1.82) is 0 Å². The van der Waals surface area contributed by atoms with Gasteiger partial charge < -0.3 is 15.4 Å². The van der Waals surface area contributed by atoms with Crippen LogP contribution in [0.25, 0.3) is 0 Å². The number of amides is 1. The molecule has 0 fully saturated rings. The molecule has 0 radical (unpaired) electrons. The maximum Gasteiger partial charge on any atom is 0.238 e. The number of pyridine rings is 1. The van der Waals surface area contributed by atoms with Crippen LogP contribution in [-0.2, 0) is 11.3 Å². The van der Waals surface area contributed by atoms with Crippen molar-refractivity contribution in [2.75, 3.05) is 19.0 Å². The number of anilines is 1. The number of nitrogens with one attached hydrogen (secondary N) is 2. The van der Waals surface area contributed by atoms with Gasteiger partial charge in [0, 0.05) is 24.5 Å². The van der Waals surface area contributed by atoms with E-state index in [0.717, 1.165) is 16.8 Å². The van der Waals surface area contributed by atoms with E-state index < -0.39 is 0 Å². The zero-order valence-corrected chi connectivity index (χ0v) is 12.2. The second-order valence-corrected chi connectivity index (χ2v) is 4.72. The summed E-state index contributed by atoms with van der Waals surface area (Å²) in [5.74, 6) is 0.498. The van der Waals surface area contributed by atoms with Crippen molar-refractivity contribution in [3.63, 3.8) is 0 Å². The van der Waals surface area contributed by atoms with E-state index in [-0.39, 0.29) is 12.5 Å². The third-order valence-electron chi connectivity index (χ3n) is 2.96. The van der Waals surface area contributed by atoms with Crippen LogP contribution in [0.2, 0.25) is 0 Å². The average Bonchev–Trinajstić information content (AvgIpc) is 2.50. The zero-order chi connectivity index (χ0) is 15.1. The first-order valence-electron chi connectivity index (χ1n) is 6.73. The molecule has 5 nitrogen and oxygen atoms in total. The lowest BCUT2D eigenvalue weighted by Crippen LogP contribution is -2.27. The van der Waals surface area contributed by atoms with E-state index in [1.165, 1.54) is 0 Å². The van der Waals surface area contributed by atoms with Gasteiger partial charge in [0.15, 0.2) is 0 Å². The molecule has 0 aliphatic rings. The third kappa shape index (κ3) is 4.89. The van der Waals surface area contributed by atoms with Crippen molar-refractivity contribution in [2.24, 2.45) is 0 Å².